The van der Waals surface area contributed by atoms with Gasteiger partial charge in [-0.3, -0.25) is 10.4 Å². The first kappa shape index (κ1) is 13.6. The Kier molecular flexibility index (Phi) is 5.26. The van der Waals surface area contributed by atoms with Gasteiger partial charge in [0, 0.05) is 12.1 Å². The summed E-state index contributed by atoms with van der Waals surface area (Å²) in [6.07, 6.45) is 9.03. The molecule has 2 fully saturated rings. The average Bonchev–Trinajstić information content (AvgIpc) is 2.81. The van der Waals surface area contributed by atoms with Gasteiger partial charge >= 0.3 is 0 Å². The molecule has 1 atom stereocenters. The first-order valence-corrected chi connectivity index (χ1v) is 7.27. The second-order valence-electron chi connectivity index (χ2n) is 5.59. The third kappa shape index (κ3) is 3.85. The van der Waals surface area contributed by atoms with Gasteiger partial charge in [-0.1, -0.05) is 19.3 Å². The van der Waals surface area contributed by atoms with Crippen LogP contribution in [0, 0.1) is 0 Å². The van der Waals surface area contributed by atoms with Gasteiger partial charge in [-0.2, -0.15) is 0 Å². The van der Waals surface area contributed by atoms with Gasteiger partial charge in [0.05, 0.1) is 6.54 Å². The number of nitrogens with one attached hydrogen (secondary N) is 2. The number of rotatable bonds is 3. The second kappa shape index (κ2) is 6.95. The van der Waals surface area contributed by atoms with Crippen molar-refractivity contribution in [2.75, 3.05) is 20.1 Å². The van der Waals surface area contributed by atoms with E-state index in [0.29, 0.717) is 12.1 Å². The van der Waals surface area contributed by atoms with Crippen LogP contribution in [0.15, 0.2) is 4.99 Å². The number of likely N-dealkylation sites (N-methyl/N-ethyl adjacent to an activating group) is 1. The molecule has 2 aliphatic rings. The predicted molar refractivity (Wildman–Crippen MR) is 75.3 cm³/mol. The highest BCUT2D eigenvalue weighted by molar-refractivity contribution is 5.79. The molecular formula is C13H27N5. The predicted octanol–water partition coefficient (Wildman–Crippen LogP) is 0.822. The first-order chi connectivity index (χ1) is 8.79. The van der Waals surface area contributed by atoms with Gasteiger partial charge in [-0.25, -0.2) is 5.84 Å². The van der Waals surface area contributed by atoms with Gasteiger partial charge in [-0.05, 0) is 39.3 Å². The van der Waals surface area contributed by atoms with Crippen LogP contribution in [0.3, 0.4) is 0 Å². The number of nitrogens with two attached hydrogens (primary N) is 1. The molecule has 1 saturated carbocycles. The standard InChI is InChI=1S/C13H27N5/c1-18-9-5-8-12(18)10-15-13(17-14)16-11-6-3-2-4-7-11/h11-12H,2-10,14H2,1H3,(H2,15,16,17). The van der Waals surface area contributed by atoms with E-state index in [1.807, 2.05) is 0 Å². The van der Waals surface area contributed by atoms with Crippen LogP contribution >= 0.6 is 0 Å². The van der Waals surface area contributed by atoms with E-state index >= 15 is 0 Å². The number of hydrogen-bond donors (Lipinski definition) is 3. The Hall–Kier alpha value is -0.810. The zero-order chi connectivity index (χ0) is 12.8. The molecule has 1 aliphatic heterocycles. The topological polar surface area (TPSA) is 65.7 Å². The van der Waals surface area contributed by atoms with Crippen LogP contribution in [-0.2, 0) is 0 Å². The van der Waals surface area contributed by atoms with Crippen LogP contribution in [0.1, 0.15) is 44.9 Å². The number of aliphatic imine (C=N–C) groups is 1. The summed E-state index contributed by atoms with van der Waals surface area (Å²) >= 11 is 0. The van der Waals surface area contributed by atoms with Gasteiger partial charge in [0.2, 0.25) is 5.96 Å². The van der Waals surface area contributed by atoms with Gasteiger partial charge < -0.3 is 10.2 Å². The van der Waals surface area contributed by atoms with E-state index in [2.05, 4.69) is 27.7 Å². The first-order valence-electron chi connectivity index (χ1n) is 7.27. The molecule has 0 bridgehead atoms. The summed E-state index contributed by atoms with van der Waals surface area (Å²) in [5, 5.41) is 3.44. The molecule has 0 spiro atoms. The smallest absolute Gasteiger partial charge is 0.206 e. The number of nitrogens with zero attached hydrogens (tertiary/aromatic N) is 2. The third-order valence-corrected chi connectivity index (χ3v) is 4.21. The van der Waals surface area contributed by atoms with Gasteiger partial charge in [0.1, 0.15) is 0 Å². The number of hydrazine groups is 1. The van der Waals surface area contributed by atoms with Crippen LogP contribution < -0.4 is 16.6 Å². The van der Waals surface area contributed by atoms with Crippen LogP contribution in [0.2, 0.25) is 0 Å². The molecule has 1 unspecified atom stereocenters. The Bertz CT molecular complexity index is 273. The molecule has 1 saturated heterocycles. The summed E-state index contributed by atoms with van der Waals surface area (Å²) in [4.78, 5) is 6.98. The fourth-order valence-electron chi connectivity index (χ4n) is 2.98. The van der Waals surface area contributed by atoms with Crippen molar-refractivity contribution in [1.29, 1.82) is 0 Å². The maximum Gasteiger partial charge on any atom is 0.206 e. The van der Waals surface area contributed by atoms with E-state index in [9.17, 15) is 0 Å². The van der Waals surface area contributed by atoms with Crippen molar-refractivity contribution in [3.63, 3.8) is 0 Å². The largest absolute Gasteiger partial charge is 0.353 e. The van der Waals surface area contributed by atoms with Crippen LogP contribution in [0.25, 0.3) is 0 Å². The molecule has 104 valence electrons. The summed E-state index contributed by atoms with van der Waals surface area (Å²) in [5.74, 6) is 6.32. The molecule has 1 heterocycles. The van der Waals surface area contributed by atoms with Gasteiger partial charge in [-0.15, -0.1) is 0 Å². The van der Waals surface area contributed by atoms with Crippen LogP contribution in [0.5, 0.6) is 0 Å². The molecule has 0 aromatic heterocycles. The maximum atomic E-state index is 5.55. The Morgan fingerprint density at radius 2 is 2.00 bits per heavy atom. The summed E-state index contributed by atoms with van der Waals surface area (Å²) in [7, 11) is 2.18. The van der Waals surface area contributed by atoms with Crippen molar-refractivity contribution in [3.05, 3.63) is 0 Å². The van der Waals surface area contributed by atoms with Crippen LogP contribution in [-0.4, -0.2) is 43.1 Å². The zero-order valence-corrected chi connectivity index (χ0v) is 11.5. The molecular weight excluding hydrogens is 226 g/mol. The molecule has 5 heteroatoms. The van der Waals surface area contributed by atoms with Crippen molar-refractivity contribution < 1.29 is 0 Å². The summed E-state index contributed by atoms with van der Waals surface area (Å²) in [6.45, 7) is 2.04. The lowest BCUT2D eigenvalue weighted by Gasteiger charge is -2.24. The summed E-state index contributed by atoms with van der Waals surface area (Å²) in [5.41, 5.74) is 2.71. The van der Waals surface area contributed by atoms with Crippen molar-refractivity contribution in [3.8, 4) is 0 Å². The SMILES string of the molecule is CN1CCCC1CN=C(NN)NC1CCCCC1. The molecule has 18 heavy (non-hydrogen) atoms. The number of hydrogen-bond acceptors (Lipinski definition) is 3. The highest BCUT2D eigenvalue weighted by Crippen LogP contribution is 2.17. The molecule has 0 aromatic carbocycles. The van der Waals surface area contributed by atoms with E-state index in [-0.39, 0.29) is 0 Å². The van der Waals surface area contributed by atoms with Crippen molar-refractivity contribution in [1.82, 2.24) is 15.6 Å². The fraction of sp³-hybridized carbons (Fsp3) is 0.923. The minimum atomic E-state index is 0.551. The van der Waals surface area contributed by atoms with Crippen LogP contribution in [0.4, 0.5) is 0 Å². The van der Waals surface area contributed by atoms with E-state index in [0.717, 1.165) is 12.5 Å². The lowest BCUT2D eigenvalue weighted by atomic mass is 9.96. The van der Waals surface area contributed by atoms with Gasteiger partial charge in [0.25, 0.3) is 0 Å². The van der Waals surface area contributed by atoms with E-state index in [4.69, 9.17) is 5.84 Å². The molecule has 4 N–H and O–H groups in total. The molecule has 2 rings (SSSR count). The Labute approximate surface area is 110 Å². The van der Waals surface area contributed by atoms with E-state index < -0.39 is 0 Å². The Morgan fingerprint density at radius 3 is 2.61 bits per heavy atom. The number of likely N-dealkylation sites (tertiary alicyclic amines) is 1. The van der Waals surface area contributed by atoms with E-state index in [1.54, 1.807) is 0 Å². The Balaban J connectivity index is 1.79. The molecule has 0 aromatic rings. The lowest BCUT2D eigenvalue weighted by molar-refractivity contribution is 0.317. The van der Waals surface area contributed by atoms with Crippen molar-refractivity contribution in [2.45, 2.75) is 57.0 Å². The number of guanidine groups is 1. The maximum absolute atomic E-state index is 5.55. The molecule has 1 aliphatic carbocycles. The quantitative estimate of drug-likeness (QED) is 0.301. The second-order valence-corrected chi connectivity index (χ2v) is 5.59. The Morgan fingerprint density at radius 1 is 1.22 bits per heavy atom. The average molecular weight is 253 g/mol. The molecule has 5 nitrogen and oxygen atoms in total. The highest BCUT2D eigenvalue weighted by atomic mass is 15.3. The lowest BCUT2D eigenvalue weighted by Crippen LogP contribution is -2.47. The molecule has 0 radical (unpaired) electrons. The normalized spacial score (nSPS) is 27.4. The monoisotopic (exact) mass is 253 g/mol. The van der Waals surface area contributed by atoms with E-state index in [1.165, 1.54) is 51.5 Å². The molecule has 0 amide bonds. The minimum absolute atomic E-state index is 0.551. The summed E-state index contributed by atoms with van der Waals surface area (Å²) in [6, 6.07) is 1.14. The van der Waals surface area contributed by atoms with Gasteiger partial charge in [0.15, 0.2) is 0 Å². The zero-order valence-electron chi connectivity index (χ0n) is 11.5. The minimum Gasteiger partial charge on any atom is -0.353 e. The van der Waals surface area contributed by atoms with Crippen molar-refractivity contribution >= 4 is 5.96 Å². The summed E-state index contributed by atoms with van der Waals surface area (Å²) < 4.78 is 0. The van der Waals surface area contributed by atoms with Crippen molar-refractivity contribution in [2.24, 2.45) is 10.8 Å². The highest BCUT2D eigenvalue weighted by Gasteiger charge is 2.20. The fourth-order valence-corrected chi connectivity index (χ4v) is 2.98. The third-order valence-electron chi connectivity index (χ3n) is 4.21.